The Morgan fingerprint density at radius 2 is 2.00 bits per heavy atom. The Bertz CT molecular complexity index is 486. The van der Waals surface area contributed by atoms with E-state index in [1.54, 1.807) is 37.3 Å². The molecule has 0 bridgehead atoms. The van der Waals surface area contributed by atoms with Gasteiger partial charge in [0.2, 0.25) is 0 Å². The molecule has 1 atom stereocenters. The van der Waals surface area contributed by atoms with Gasteiger partial charge in [-0.25, -0.2) is 15.2 Å². The molecule has 1 aromatic rings. The van der Waals surface area contributed by atoms with Crippen molar-refractivity contribution in [1.29, 1.82) is 0 Å². The summed E-state index contributed by atoms with van der Waals surface area (Å²) in [6, 6.07) is 7.31. The van der Waals surface area contributed by atoms with Crippen LogP contribution < -0.4 is 10.4 Å². The molecule has 18 heavy (non-hydrogen) atoms. The van der Waals surface area contributed by atoms with Crippen molar-refractivity contribution in [2.45, 2.75) is 13.0 Å². The number of benzene rings is 1. The predicted molar refractivity (Wildman–Crippen MR) is 62.5 cm³/mol. The van der Waals surface area contributed by atoms with Gasteiger partial charge in [-0.3, -0.25) is 9.59 Å². The van der Waals surface area contributed by atoms with Gasteiger partial charge in [-0.1, -0.05) is 18.2 Å². The molecule has 0 saturated carbocycles. The number of carbonyl (C=O) groups excluding carboxylic acids is 3. The second-order valence-corrected chi connectivity index (χ2v) is 3.65. The fourth-order valence-electron chi connectivity index (χ4n) is 1.63. The molecule has 1 heterocycles. The van der Waals surface area contributed by atoms with E-state index >= 15 is 0 Å². The molecule has 1 fully saturated rings. The van der Waals surface area contributed by atoms with E-state index in [-0.39, 0.29) is 6.61 Å². The number of esters is 1. The molecule has 6 nitrogen and oxygen atoms in total. The zero-order chi connectivity index (χ0) is 13.1. The first-order valence-corrected chi connectivity index (χ1v) is 5.51. The zero-order valence-electron chi connectivity index (χ0n) is 9.75. The van der Waals surface area contributed by atoms with Crippen molar-refractivity contribution in [3.05, 3.63) is 30.3 Å². The lowest BCUT2D eigenvalue weighted by atomic mass is 10.2. The second-order valence-electron chi connectivity index (χ2n) is 3.65. The largest absolute Gasteiger partial charge is 0.464 e. The molecule has 1 aliphatic heterocycles. The van der Waals surface area contributed by atoms with Gasteiger partial charge in [0, 0.05) is 0 Å². The van der Waals surface area contributed by atoms with Crippen LogP contribution in [0.3, 0.4) is 0 Å². The van der Waals surface area contributed by atoms with Gasteiger partial charge in [-0.05, 0) is 19.1 Å². The number of anilines is 1. The van der Waals surface area contributed by atoms with Crippen molar-refractivity contribution >= 4 is 23.3 Å². The molecule has 0 aromatic heterocycles. The minimum Gasteiger partial charge on any atom is -0.464 e. The lowest BCUT2D eigenvalue weighted by Crippen LogP contribution is -2.42. The highest BCUT2D eigenvalue weighted by Crippen LogP contribution is 2.17. The molecular formula is C12H12N2O4. The van der Waals surface area contributed by atoms with E-state index in [1.807, 2.05) is 0 Å². The maximum absolute atomic E-state index is 11.7. The summed E-state index contributed by atoms with van der Waals surface area (Å²) >= 11 is 0. The molecule has 0 aliphatic carbocycles. The van der Waals surface area contributed by atoms with Crippen molar-refractivity contribution in [2.75, 3.05) is 11.6 Å². The van der Waals surface area contributed by atoms with Gasteiger partial charge in [0.05, 0.1) is 12.3 Å². The highest BCUT2D eigenvalue weighted by Gasteiger charge is 2.44. The van der Waals surface area contributed by atoms with Gasteiger partial charge in [-0.15, -0.1) is 0 Å². The minimum atomic E-state index is -1.25. The number of rotatable bonds is 3. The maximum atomic E-state index is 11.7. The first kappa shape index (κ1) is 12.3. The van der Waals surface area contributed by atoms with E-state index in [0.29, 0.717) is 5.69 Å². The highest BCUT2D eigenvalue weighted by atomic mass is 16.5. The van der Waals surface area contributed by atoms with Crippen LogP contribution in [0, 0.1) is 0 Å². The molecule has 1 aromatic carbocycles. The maximum Gasteiger partial charge on any atom is 0.333 e. The quantitative estimate of drug-likeness (QED) is 0.464. The molecule has 1 amide bonds. The van der Waals surface area contributed by atoms with Crippen LogP contribution in [0.4, 0.5) is 5.69 Å². The number of nitrogens with zero attached hydrogens (tertiary/aromatic N) is 1. The van der Waals surface area contributed by atoms with Crippen LogP contribution in [0.2, 0.25) is 0 Å². The van der Waals surface area contributed by atoms with Crippen molar-refractivity contribution in [2.24, 2.45) is 0 Å². The van der Waals surface area contributed by atoms with Gasteiger partial charge in [0.15, 0.2) is 6.04 Å². The van der Waals surface area contributed by atoms with Crippen LogP contribution in [-0.2, 0) is 19.1 Å². The molecule has 2 rings (SSSR count). The summed E-state index contributed by atoms with van der Waals surface area (Å²) in [6.07, 6.45) is 0. The van der Waals surface area contributed by atoms with E-state index in [2.05, 4.69) is 5.43 Å². The third-order valence-corrected chi connectivity index (χ3v) is 2.47. The number of Topliss-reactive ketones (excluding diaryl/α,β-unsaturated/α-hetero) is 1. The minimum absolute atomic E-state index is 0.157. The number of amides is 1. The Kier molecular flexibility index (Phi) is 3.38. The number of carbonyl (C=O) groups is 3. The van der Waals surface area contributed by atoms with Gasteiger partial charge in [0.25, 0.3) is 5.78 Å². The Morgan fingerprint density at radius 3 is 2.61 bits per heavy atom. The summed E-state index contributed by atoms with van der Waals surface area (Å²) in [5.41, 5.74) is 3.05. The fraction of sp³-hybridized carbons (Fsp3) is 0.250. The van der Waals surface area contributed by atoms with Crippen LogP contribution in [0.5, 0.6) is 0 Å². The average Bonchev–Trinajstić information content (AvgIpc) is 2.68. The van der Waals surface area contributed by atoms with Gasteiger partial charge in [-0.2, -0.15) is 0 Å². The molecule has 94 valence electrons. The van der Waals surface area contributed by atoms with E-state index in [0.717, 1.165) is 5.01 Å². The monoisotopic (exact) mass is 248 g/mol. The lowest BCUT2D eigenvalue weighted by Gasteiger charge is -2.15. The van der Waals surface area contributed by atoms with Gasteiger partial charge in [0.1, 0.15) is 0 Å². The third kappa shape index (κ3) is 2.10. The molecule has 1 saturated heterocycles. The van der Waals surface area contributed by atoms with Gasteiger partial charge >= 0.3 is 11.9 Å². The Morgan fingerprint density at radius 1 is 1.33 bits per heavy atom. The lowest BCUT2D eigenvalue weighted by molar-refractivity contribution is -0.148. The van der Waals surface area contributed by atoms with E-state index in [9.17, 15) is 14.4 Å². The van der Waals surface area contributed by atoms with Gasteiger partial charge < -0.3 is 4.74 Å². The average molecular weight is 248 g/mol. The number of hydrazine groups is 1. The first-order chi connectivity index (χ1) is 8.65. The Hall–Kier alpha value is -2.21. The highest BCUT2D eigenvalue weighted by molar-refractivity contribution is 6.48. The number of hydrogen-bond acceptors (Lipinski definition) is 5. The van der Waals surface area contributed by atoms with Crippen molar-refractivity contribution in [1.82, 2.24) is 5.43 Å². The second kappa shape index (κ2) is 4.97. The third-order valence-electron chi connectivity index (χ3n) is 2.47. The summed E-state index contributed by atoms with van der Waals surface area (Å²) in [4.78, 5) is 34.9. The molecule has 1 unspecified atom stereocenters. The molecule has 1 N–H and O–H groups in total. The Balaban J connectivity index is 2.20. The van der Waals surface area contributed by atoms with E-state index < -0.39 is 23.7 Å². The van der Waals surface area contributed by atoms with Crippen LogP contribution in [-0.4, -0.2) is 30.3 Å². The summed E-state index contributed by atoms with van der Waals surface area (Å²) in [7, 11) is 0. The zero-order valence-corrected chi connectivity index (χ0v) is 9.75. The number of ether oxygens (including phenoxy) is 1. The molecule has 1 aliphatic rings. The first-order valence-electron chi connectivity index (χ1n) is 5.51. The summed E-state index contributed by atoms with van der Waals surface area (Å²) < 4.78 is 4.73. The molecule has 0 spiro atoms. The topological polar surface area (TPSA) is 75.7 Å². The summed E-state index contributed by atoms with van der Waals surface area (Å²) in [5, 5.41) is 1.06. The van der Waals surface area contributed by atoms with Crippen LogP contribution in [0.1, 0.15) is 6.92 Å². The fourth-order valence-corrected chi connectivity index (χ4v) is 1.63. The molecule has 0 radical (unpaired) electrons. The van der Waals surface area contributed by atoms with Crippen molar-refractivity contribution < 1.29 is 19.1 Å². The van der Waals surface area contributed by atoms with E-state index in [1.165, 1.54) is 0 Å². The SMILES string of the molecule is CCOC(=O)C1NN(c2ccccc2)C(=O)C1=O. The smallest absolute Gasteiger partial charge is 0.333 e. The van der Waals surface area contributed by atoms with E-state index in [4.69, 9.17) is 4.74 Å². The number of para-hydroxylation sites is 1. The predicted octanol–water partition coefficient (Wildman–Crippen LogP) is 0.0386. The normalized spacial score (nSPS) is 19.2. The van der Waals surface area contributed by atoms with Crippen molar-refractivity contribution in [3.8, 4) is 0 Å². The summed E-state index contributed by atoms with van der Waals surface area (Å²) in [5.74, 6) is -2.31. The standard InChI is InChI=1S/C12H12N2O4/c1-2-18-12(17)9-10(15)11(16)14(13-9)8-6-4-3-5-7-8/h3-7,9,13H,2H2,1H3. The van der Waals surface area contributed by atoms with Crippen LogP contribution in [0.25, 0.3) is 0 Å². The number of nitrogens with one attached hydrogen (secondary N) is 1. The Labute approximate surface area is 103 Å². The molecule has 6 heteroatoms. The van der Waals surface area contributed by atoms with Crippen LogP contribution >= 0.6 is 0 Å². The van der Waals surface area contributed by atoms with Crippen molar-refractivity contribution in [3.63, 3.8) is 0 Å². The summed E-state index contributed by atoms with van der Waals surface area (Å²) in [6.45, 7) is 1.79. The number of ketones is 1. The number of hydrogen-bond donors (Lipinski definition) is 1. The van der Waals surface area contributed by atoms with Crippen LogP contribution in [0.15, 0.2) is 30.3 Å². The molecular weight excluding hydrogens is 236 g/mol.